The quantitative estimate of drug-likeness (QED) is 0.850. The molecule has 0 saturated heterocycles. The zero-order chi connectivity index (χ0) is 13.7. The van der Waals surface area contributed by atoms with E-state index in [4.69, 9.17) is 5.11 Å². The molecular formula is C13H16N4O2. The Hall–Kier alpha value is -2.37. The number of carbonyl (C=O) groups is 1. The van der Waals surface area contributed by atoms with E-state index in [0.717, 1.165) is 24.2 Å². The topological polar surface area (TPSA) is 77.3 Å². The number of hydrogen-bond acceptors (Lipinski definition) is 5. The second-order valence-electron chi connectivity index (χ2n) is 4.30. The molecule has 0 unspecified atom stereocenters. The lowest BCUT2D eigenvalue weighted by Gasteiger charge is -2.25. The molecule has 0 radical (unpaired) electrons. The second-order valence-corrected chi connectivity index (χ2v) is 4.30. The summed E-state index contributed by atoms with van der Waals surface area (Å²) in [6, 6.07) is 10.1. The van der Waals surface area contributed by atoms with Crippen molar-refractivity contribution in [3.05, 3.63) is 47.3 Å². The van der Waals surface area contributed by atoms with Gasteiger partial charge in [-0.2, -0.15) is 5.53 Å². The Morgan fingerprint density at radius 2 is 2.05 bits per heavy atom. The molecule has 0 aromatic heterocycles. The van der Waals surface area contributed by atoms with E-state index in [2.05, 4.69) is 28.0 Å². The molecule has 6 nitrogen and oxygen atoms in total. The first-order chi connectivity index (χ1) is 9.16. The van der Waals surface area contributed by atoms with Gasteiger partial charge in [-0.3, -0.25) is 9.80 Å². The number of rotatable bonds is 5. The van der Waals surface area contributed by atoms with Gasteiger partial charge in [-0.25, -0.2) is 0 Å². The molecule has 1 aromatic carbocycles. The molecule has 2 rings (SSSR count). The zero-order valence-electron chi connectivity index (χ0n) is 10.7. The van der Waals surface area contributed by atoms with Gasteiger partial charge in [-0.15, -0.1) is 5.11 Å². The minimum atomic E-state index is -0.911. The Morgan fingerprint density at radius 1 is 1.32 bits per heavy atom. The molecule has 0 spiro atoms. The largest absolute Gasteiger partial charge is 0.480 e. The van der Waals surface area contributed by atoms with Crippen molar-refractivity contribution < 1.29 is 9.90 Å². The molecule has 1 aliphatic rings. The number of aliphatic carboxylic acids is 1. The van der Waals surface area contributed by atoms with Crippen molar-refractivity contribution in [1.82, 2.24) is 10.5 Å². The molecular weight excluding hydrogens is 244 g/mol. The standard InChI is InChI=1S/C13H16N4O2/c1-10-12(8-7-11-5-3-2-4-6-11)14-15-16-17(10)9-13(18)19/h2-6H,7-9H2,1H3,(H,14,16)(H,18,19). The van der Waals surface area contributed by atoms with Crippen LogP contribution in [0.4, 0.5) is 0 Å². The number of allylic oxidation sites excluding steroid dienone is 2. The summed E-state index contributed by atoms with van der Waals surface area (Å²) in [4.78, 5) is 10.7. The summed E-state index contributed by atoms with van der Waals surface area (Å²) in [6.07, 6.45) is 1.59. The first kappa shape index (κ1) is 13.1. The molecule has 0 fully saturated rings. The lowest BCUT2D eigenvalue weighted by molar-refractivity contribution is -0.138. The highest BCUT2D eigenvalue weighted by atomic mass is 16.4. The van der Waals surface area contributed by atoms with Crippen LogP contribution in [0.15, 0.2) is 52.1 Å². The Balaban J connectivity index is 2.02. The molecule has 100 valence electrons. The first-order valence-electron chi connectivity index (χ1n) is 6.06. The molecule has 1 aromatic rings. The molecule has 0 bridgehead atoms. The average molecular weight is 260 g/mol. The fourth-order valence-electron chi connectivity index (χ4n) is 1.87. The average Bonchev–Trinajstić information content (AvgIpc) is 2.40. The van der Waals surface area contributed by atoms with Crippen LogP contribution in [0.25, 0.3) is 0 Å². The molecule has 6 heteroatoms. The Morgan fingerprint density at radius 3 is 2.74 bits per heavy atom. The summed E-state index contributed by atoms with van der Waals surface area (Å²) in [6.45, 7) is 1.70. The van der Waals surface area contributed by atoms with Crippen LogP contribution < -0.4 is 5.53 Å². The summed E-state index contributed by atoms with van der Waals surface area (Å²) in [5, 5.41) is 18.1. The molecule has 0 aliphatic carbocycles. The molecule has 0 atom stereocenters. The molecule has 0 amide bonds. The summed E-state index contributed by atoms with van der Waals surface area (Å²) in [7, 11) is 0. The van der Waals surface area contributed by atoms with E-state index in [9.17, 15) is 4.79 Å². The van der Waals surface area contributed by atoms with Crippen molar-refractivity contribution >= 4 is 5.97 Å². The monoisotopic (exact) mass is 260 g/mol. The molecule has 1 heterocycles. The number of hydrazine groups is 1. The highest BCUT2D eigenvalue weighted by molar-refractivity contribution is 5.69. The minimum absolute atomic E-state index is 0.139. The van der Waals surface area contributed by atoms with Gasteiger partial charge >= 0.3 is 5.97 Å². The molecule has 0 saturated carbocycles. The number of carboxylic acid groups (broad SMARTS) is 1. The molecule has 19 heavy (non-hydrogen) atoms. The number of carboxylic acids is 1. The third-order valence-electron chi connectivity index (χ3n) is 2.95. The maximum absolute atomic E-state index is 10.7. The normalized spacial score (nSPS) is 14.5. The first-order valence-corrected chi connectivity index (χ1v) is 6.06. The molecule has 2 N–H and O–H groups in total. The molecule has 1 aliphatic heterocycles. The van der Waals surface area contributed by atoms with E-state index in [1.54, 1.807) is 0 Å². The van der Waals surface area contributed by atoms with Gasteiger partial charge in [0.2, 0.25) is 0 Å². The van der Waals surface area contributed by atoms with Crippen molar-refractivity contribution in [2.45, 2.75) is 19.8 Å². The van der Waals surface area contributed by atoms with Gasteiger partial charge < -0.3 is 5.11 Å². The third-order valence-corrected chi connectivity index (χ3v) is 2.95. The number of aryl methyl sites for hydroxylation is 1. The third kappa shape index (κ3) is 3.54. The van der Waals surface area contributed by atoms with Crippen LogP contribution in [0.3, 0.4) is 0 Å². The number of nitrogens with one attached hydrogen (secondary N) is 1. The van der Waals surface area contributed by atoms with Crippen LogP contribution in [-0.2, 0) is 11.2 Å². The van der Waals surface area contributed by atoms with Crippen molar-refractivity contribution in [3.8, 4) is 0 Å². The van der Waals surface area contributed by atoms with Gasteiger partial charge in [0.05, 0.1) is 11.4 Å². The van der Waals surface area contributed by atoms with Crippen LogP contribution in [0.2, 0.25) is 0 Å². The lowest BCUT2D eigenvalue weighted by Crippen LogP contribution is -2.39. The minimum Gasteiger partial charge on any atom is -0.480 e. The van der Waals surface area contributed by atoms with Crippen LogP contribution >= 0.6 is 0 Å². The number of benzene rings is 1. The summed E-state index contributed by atoms with van der Waals surface area (Å²) >= 11 is 0. The second kappa shape index (κ2) is 5.99. The van der Waals surface area contributed by atoms with E-state index in [1.165, 1.54) is 10.6 Å². The SMILES string of the molecule is CC1=C(CCc2ccccc2)N=NNN1CC(=O)O. The van der Waals surface area contributed by atoms with Crippen LogP contribution in [0, 0.1) is 0 Å². The summed E-state index contributed by atoms with van der Waals surface area (Å²) in [5.74, 6) is -0.911. The number of nitrogens with zero attached hydrogens (tertiary/aromatic N) is 3. The fraction of sp³-hybridized carbons (Fsp3) is 0.308. The van der Waals surface area contributed by atoms with Gasteiger partial charge in [0, 0.05) is 0 Å². The van der Waals surface area contributed by atoms with E-state index >= 15 is 0 Å². The predicted octanol–water partition coefficient (Wildman–Crippen LogP) is 2.12. The van der Waals surface area contributed by atoms with E-state index in [-0.39, 0.29) is 6.54 Å². The van der Waals surface area contributed by atoms with E-state index in [0.29, 0.717) is 0 Å². The van der Waals surface area contributed by atoms with Crippen LogP contribution in [0.1, 0.15) is 18.9 Å². The highest BCUT2D eigenvalue weighted by Gasteiger charge is 2.17. The van der Waals surface area contributed by atoms with Crippen molar-refractivity contribution in [3.63, 3.8) is 0 Å². The van der Waals surface area contributed by atoms with Gasteiger partial charge in [0.15, 0.2) is 0 Å². The van der Waals surface area contributed by atoms with Gasteiger partial charge in [-0.1, -0.05) is 35.6 Å². The maximum atomic E-state index is 10.7. The van der Waals surface area contributed by atoms with Crippen molar-refractivity contribution in [2.75, 3.05) is 6.54 Å². The van der Waals surface area contributed by atoms with Crippen LogP contribution in [0.5, 0.6) is 0 Å². The van der Waals surface area contributed by atoms with Crippen molar-refractivity contribution in [2.24, 2.45) is 10.3 Å². The van der Waals surface area contributed by atoms with Crippen LogP contribution in [-0.4, -0.2) is 22.6 Å². The van der Waals surface area contributed by atoms with Gasteiger partial charge in [0.1, 0.15) is 6.54 Å². The number of hydrogen-bond donors (Lipinski definition) is 2. The van der Waals surface area contributed by atoms with E-state index < -0.39 is 5.97 Å². The lowest BCUT2D eigenvalue weighted by atomic mass is 10.1. The van der Waals surface area contributed by atoms with Gasteiger partial charge in [-0.05, 0) is 25.3 Å². The Bertz CT molecular complexity index is 511. The smallest absolute Gasteiger partial charge is 0.325 e. The predicted molar refractivity (Wildman–Crippen MR) is 69.8 cm³/mol. The summed E-state index contributed by atoms with van der Waals surface area (Å²) in [5.41, 5.74) is 5.41. The highest BCUT2D eigenvalue weighted by Crippen LogP contribution is 2.19. The van der Waals surface area contributed by atoms with Crippen molar-refractivity contribution in [1.29, 1.82) is 0 Å². The van der Waals surface area contributed by atoms with E-state index in [1.807, 2.05) is 25.1 Å². The zero-order valence-corrected chi connectivity index (χ0v) is 10.7. The Labute approximate surface area is 111 Å². The fourth-order valence-corrected chi connectivity index (χ4v) is 1.87. The Kier molecular flexibility index (Phi) is 4.12. The summed E-state index contributed by atoms with van der Waals surface area (Å²) < 4.78 is 0. The maximum Gasteiger partial charge on any atom is 0.325 e. The van der Waals surface area contributed by atoms with Gasteiger partial charge in [0.25, 0.3) is 0 Å².